The minimum absolute atomic E-state index is 0.142. The minimum Gasteiger partial charge on any atom is -0.497 e. The Morgan fingerprint density at radius 2 is 2.03 bits per heavy atom. The van der Waals surface area contributed by atoms with E-state index < -0.39 is 0 Å². The molecule has 1 saturated carbocycles. The topological polar surface area (TPSA) is 55.3 Å². The molecule has 2 atom stereocenters. The number of benzene rings is 1. The Hall–Kier alpha value is -1.79. The van der Waals surface area contributed by atoms with Crippen molar-refractivity contribution < 1.29 is 14.2 Å². The summed E-state index contributed by atoms with van der Waals surface area (Å²) in [7, 11) is 3.62. The molecule has 0 spiro atoms. The highest BCUT2D eigenvalue weighted by Gasteiger charge is 2.37. The molecular weight excluding hydrogens is 366 g/mol. The van der Waals surface area contributed by atoms with Gasteiger partial charge in [0.25, 0.3) is 0 Å². The number of guanidine groups is 1. The van der Waals surface area contributed by atoms with Crippen molar-refractivity contribution in [2.24, 2.45) is 4.99 Å². The first-order chi connectivity index (χ1) is 14.2. The van der Waals surface area contributed by atoms with Crippen LogP contribution in [0.25, 0.3) is 0 Å². The fourth-order valence-electron chi connectivity index (χ4n) is 5.14. The quantitative estimate of drug-likeness (QED) is 0.607. The third-order valence-corrected chi connectivity index (χ3v) is 6.81. The van der Waals surface area contributed by atoms with E-state index in [1.807, 2.05) is 13.1 Å². The molecule has 2 unspecified atom stereocenters. The third kappa shape index (κ3) is 4.53. The van der Waals surface area contributed by atoms with Gasteiger partial charge in [-0.2, -0.15) is 0 Å². The predicted octanol–water partition coefficient (Wildman–Crippen LogP) is 2.96. The Morgan fingerprint density at radius 1 is 1.21 bits per heavy atom. The van der Waals surface area contributed by atoms with Gasteiger partial charge in [0.2, 0.25) is 0 Å². The average Bonchev–Trinajstić information content (AvgIpc) is 3.48. The van der Waals surface area contributed by atoms with Crippen molar-refractivity contribution in [1.82, 2.24) is 10.2 Å². The number of rotatable bonds is 5. The van der Waals surface area contributed by atoms with Crippen LogP contribution in [0.2, 0.25) is 0 Å². The second-order valence-electron chi connectivity index (χ2n) is 8.53. The molecule has 3 aliphatic rings. The van der Waals surface area contributed by atoms with Gasteiger partial charge < -0.3 is 24.4 Å². The zero-order chi connectivity index (χ0) is 20.1. The molecular formula is C23H35N3O3. The Bertz CT molecular complexity index is 696. The van der Waals surface area contributed by atoms with Crippen LogP contribution in [-0.4, -0.2) is 70.1 Å². The van der Waals surface area contributed by atoms with Crippen molar-refractivity contribution in [2.45, 2.75) is 56.1 Å². The van der Waals surface area contributed by atoms with Gasteiger partial charge in [-0.1, -0.05) is 25.0 Å². The first kappa shape index (κ1) is 20.5. The van der Waals surface area contributed by atoms with Gasteiger partial charge in [0.15, 0.2) is 5.96 Å². The molecule has 160 valence electrons. The lowest BCUT2D eigenvalue weighted by Gasteiger charge is -2.38. The van der Waals surface area contributed by atoms with E-state index in [1.165, 1.54) is 31.2 Å². The van der Waals surface area contributed by atoms with Gasteiger partial charge in [0, 0.05) is 38.7 Å². The van der Waals surface area contributed by atoms with Crippen LogP contribution in [0.4, 0.5) is 0 Å². The van der Waals surface area contributed by atoms with E-state index in [-0.39, 0.29) is 17.6 Å². The average molecular weight is 402 g/mol. The van der Waals surface area contributed by atoms with Crippen LogP contribution >= 0.6 is 0 Å². The van der Waals surface area contributed by atoms with Gasteiger partial charge >= 0.3 is 0 Å². The summed E-state index contributed by atoms with van der Waals surface area (Å²) in [5.74, 6) is 1.91. The van der Waals surface area contributed by atoms with Gasteiger partial charge in [-0.3, -0.25) is 4.99 Å². The summed E-state index contributed by atoms with van der Waals surface area (Å²) in [6.07, 6.45) is 7.56. The van der Waals surface area contributed by atoms with E-state index in [1.54, 1.807) is 7.11 Å². The zero-order valence-corrected chi connectivity index (χ0v) is 17.9. The Balaban J connectivity index is 1.43. The SMILES string of the molecule is CN=C(NCC1(c2cccc(OC)c2)CCCC1)N1CCOC(C2CCCO2)C1. The van der Waals surface area contributed by atoms with Crippen molar-refractivity contribution in [3.05, 3.63) is 29.8 Å². The van der Waals surface area contributed by atoms with Crippen molar-refractivity contribution in [3.8, 4) is 5.75 Å². The fraction of sp³-hybridized carbons (Fsp3) is 0.696. The molecule has 1 aromatic carbocycles. The van der Waals surface area contributed by atoms with Crippen LogP contribution in [0.1, 0.15) is 44.1 Å². The van der Waals surface area contributed by atoms with Crippen LogP contribution in [-0.2, 0) is 14.9 Å². The standard InChI is InChI=1S/C23H35N3O3/c1-24-22(26-12-14-29-21(16-26)20-9-6-13-28-20)25-17-23(10-3-4-11-23)18-7-5-8-19(15-18)27-2/h5,7-8,15,20-21H,3-4,6,9-14,16-17H2,1-2H3,(H,24,25). The number of nitrogens with zero attached hydrogens (tertiary/aromatic N) is 2. The molecule has 2 aliphatic heterocycles. The highest BCUT2D eigenvalue weighted by Crippen LogP contribution is 2.41. The zero-order valence-electron chi connectivity index (χ0n) is 17.9. The third-order valence-electron chi connectivity index (χ3n) is 6.81. The monoisotopic (exact) mass is 401 g/mol. The number of hydrogen-bond acceptors (Lipinski definition) is 4. The van der Waals surface area contributed by atoms with Crippen molar-refractivity contribution in [1.29, 1.82) is 0 Å². The van der Waals surface area contributed by atoms with Crippen LogP contribution < -0.4 is 10.1 Å². The van der Waals surface area contributed by atoms with Crippen LogP contribution in [0, 0.1) is 0 Å². The normalized spacial score (nSPS) is 27.2. The Morgan fingerprint density at radius 3 is 2.76 bits per heavy atom. The van der Waals surface area contributed by atoms with Crippen molar-refractivity contribution in [2.75, 3.05) is 47.0 Å². The lowest BCUT2D eigenvalue weighted by atomic mass is 9.78. The molecule has 6 heteroatoms. The minimum atomic E-state index is 0.142. The maximum atomic E-state index is 6.02. The molecule has 0 bridgehead atoms. The molecule has 3 fully saturated rings. The summed E-state index contributed by atoms with van der Waals surface area (Å²) in [6.45, 7) is 4.20. The number of methoxy groups -OCH3 is 1. The molecule has 0 radical (unpaired) electrons. The number of morpholine rings is 1. The van der Waals surface area contributed by atoms with Crippen molar-refractivity contribution >= 4 is 5.96 Å². The van der Waals surface area contributed by atoms with Gasteiger partial charge in [-0.05, 0) is 43.4 Å². The lowest BCUT2D eigenvalue weighted by Crippen LogP contribution is -2.54. The van der Waals surface area contributed by atoms with Crippen molar-refractivity contribution in [3.63, 3.8) is 0 Å². The molecule has 1 aliphatic carbocycles. The van der Waals surface area contributed by atoms with Crippen LogP contribution in [0.15, 0.2) is 29.3 Å². The van der Waals surface area contributed by atoms with Crippen LogP contribution in [0.3, 0.4) is 0 Å². The van der Waals surface area contributed by atoms with Gasteiger partial charge in [-0.25, -0.2) is 0 Å². The Kier molecular flexibility index (Phi) is 6.60. The number of ether oxygens (including phenoxy) is 3. The first-order valence-electron chi connectivity index (χ1n) is 11.1. The molecule has 6 nitrogen and oxygen atoms in total. The van der Waals surface area contributed by atoms with E-state index >= 15 is 0 Å². The lowest BCUT2D eigenvalue weighted by molar-refractivity contribution is -0.0817. The summed E-state index contributed by atoms with van der Waals surface area (Å²) in [5, 5.41) is 3.71. The summed E-state index contributed by atoms with van der Waals surface area (Å²) >= 11 is 0. The maximum Gasteiger partial charge on any atom is 0.193 e. The molecule has 29 heavy (non-hydrogen) atoms. The molecule has 1 aromatic rings. The highest BCUT2D eigenvalue weighted by atomic mass is 16.5. The first-order valence-corrected chi connectivity index (χ1v) is 11.1. The number of hydrogen-bond donors (Lipinski definition) is 1. The summed E-state index contributed by atoms with van der Waals surface area (Å²) < 4.78 is 17.4. The number of aliphatic imine (C=N–C) groups is 1. The molecule has 0 amide bonds. The van der Waals surface area contributed by atoms with Gasteiger partial charge in [-0.15, -0.1) is 0 Å². The summed E-state index contributed by atoms with van der Waals surface area (Å²) in [4.78, 5) is 6.94. The predicted molar refractivity (Wildman–Crippen MR) is 115 cm³/mol. The van der Waals surface area contributed by atoms with E-state index in [4.69, 9.17) is 14.2 Å². The van der Waals surface area contributed by atoms with Gasteiger partial charge in [0.1, 0.15) is 11.9 Å². The molecule has 2 heterocycles. The van der Waals surface area contributed by atoms with Gasteiger partial charge in [0.05, 0.1) is 19.8 Å². The number of nitrogens with one attached hydrogen (secondary N) is 1. The maximum absolute atomic E-state index is 6.02. The van der Waals surface area contributed by atoms with E-state index in [0.29, 0.717) is 0 Å². The smallest absolute Gasteiger partial charge is 0.193 e. The van der Waals surface area contributed by atoms with Crippen LogP contribution in [0.5, 0.6) is 5.75 Å². The summed E-state index contributed by atoms with van der Waals surface area (Å²) in [6, 6.07) is 8.59. The van der Waals surface area contributed by atoms with E-state index in [0.717, 1.165) is 57.4 Å². The summed E-state index contributed by atoms with van der Waals surface area (Å²) in [5.41, 5.74) is 1.52. The Labute approximate surface area is 174 Å². The fourth-order valence-corrected chi connectivity index (χ4v) is 5.14. The molecule has 2 saturated heterocycles. The largest absolute Gasteiger partial charge is 0.497 e. The molecule has 4 rings (SSSR count). The molecule has 0 aromatic heterocycles. The van der Waals surface area contributed by atoms with E-state index in [9.17, 15) is 0 Å². The molecule has 1 N–H and O–H groups in total. The second kappa shape index (κ2) is 9.35. The highest BCUT2D eigenvalue weighted by molar-refractivity contribution is 5.80. The second-order valence-corrected chi connectivity index (χ2v) is 8.53. The van der Waals surface area contributed by atoms with E-state index in [2.05, 4.69) is 33.4 Å².